The van der Waals surface area contributed by atoms with Crippen LogP contribution in [0.25, 0.3) is 0 Å². The van der Waals surface area contributed by atoms with Gasteiger partial charge in [-0.3, -0.25) is 19.3 Å². The highest BCUT2D eigenvalue weighted by Crippen LogP contribution is 2.16. The predicted molar refractivity (Wildman–Crippen MR) is 91.9 cm³/mol. The molecule has 0 aromatic heterocycles. The van der Waals surface area contributed by atoms with Gasteiger partial charge in [0.05, 0.1) is 6.54 Å². The number of hydrogen-bond acceptors (Lipinski definition) is 4. The molecule has 0 aliphatic carbocycles. The molecule has 2 rings (SSSR count). The quantitative estimate of drug-likeness (QED) is 0.791. The fourth-order valence-electron chi connectivity index (χ4n) is 2.44. The lowest BCUT2D eigenvalue weighted by molar-refractivity contribution is -0.137. The lowest BCUT2D eigenvalue weighted by Gasteiger charge is -2.20. The molecule has 1 N–H and O–H groups in total. The van der Waals surface area contributed by atoms with Crippen LogP contribution in [0.1, 0.15) is 11.1 Å². The second-order valence-electron chi connectivity index (χ2n) is 6.23. The zero-order valence-electron chi connectivity index (χ0n) is 14.8. The predicted octanol–water partition coefficient (Wildman–Crippen LogP) is 0.594. The Morgan fingerprint density at radius 2 is 1.92 bits per heavy atom. The standard InChI is InChI=1S/C17H22N4O4/c1-11-5-6-12(2)13(7-11)18-14(22)8-19(3)15(23)10-21-16(24)9-20(4)17(21)25/h5-7H,8-10H2,1-4H3,(H,18,22). The van der Waals surface area contributed by atoms with Crippen LogP contribution in [0.3, 0.4) is 0 Å². The van der Waals surface area contributed by atoms with E-state index in [1.54, 1.807) is 0 Å². The number of rotatable bonds is 5. The largest absolute Gasteiger partial charge is 0.335 e. The van der Waals surface area contributed by atoms with E-state index in [4.69, 9.17) is 0 Å². The van der Waals surface area contributed by atoms with E-state index in [1.165, 1.54) is 23.9 Å². The Kier molecular flexibility index (Phi) is 5.41. The van der Waals surface area contributed by atoms with Crippen LogP contribution < -0.4 is 5.32 Å². The first-order valence-electron chi connectivity index (χ1n) is 7.85. The normalized spacial score (nSPS) is 14.1. The number of hydrogen-bond donors (Lipinski definition) is 1. The van der Waals surface area contributed by atoms with Gasteiger partial charge in [-0.2, -0.15) is 0 Å². The van der Waals surface area contributed by atoms with Crippen LogP contribution >= 0.6 is 0 Å². The topological polar surface area (TPSA) is 90.0 Å². The van der Waals surface area contributed by atoms with Crippen LogP contribution in [-0.2, 0) is 14.4 Å². The van der Waals surface area contributed by atoms with Crippen LogP contribution in [-0.4, -0.2) is 72.2 Å². The van der Waals surface area contributed by atoms with Gasteiger partial charge >= 0.3 is 6.03 Å². The zero-order valence-corrected chi connectivity index (χ0v) is 14.8. The highest BCUT2D eigenvalue weighted by molar-refractivity contribution is 6.04. The number of likely N-dealkylation sites (N-methyl/N-ethyl adjacent to an activating group) is 2. The van der Waals surface area contributed by atoms with Crippen molar-refractivity contribution in [1.82, 2.24) is 14.7 Å². The smallest absolute Gasteiger partial charge is 0.327 e. The molecular weight excluding hydrogens is 324 g/mol. The first-order chi connectivity index (χ1) is 11.7. The minimum absolute atomic E-state index is 0.0387. The van der Waals surface area contributed by atoms with E-state index in [1.807, 2.05) is 32.0 Å². The van der Waals surface area contributed by atoms with Gasteiger partial charge in [-0.05, 0) is 31.0 Å². The van der Waals surface area contributed by atoms with Gasteiger partial charge in [-0.1, -0.05) is 12.1 Å². The molecule has 0 unspecified atom stereocenters. The summed E-state index contributed by atoms with van der Waals surface area (Å²) < 4.78 is 0. The van der Waals surface area contributed by atoms with E-state index in [0.29, 0.717) is 5.69 Å². The van der Waals surface area contributed by atoms with Gasteiger partial charge in [0.2, 0.25) is 11.8 Å². The molecular formula is C17H22N4O4. The maximum absolute atomic E-state index is 12.2. The molecule has 0 radical (unpaired) electrons. The van der Waals surface area contributed by atoms with Crippen molar-refractivity contribution in [3.8, 4) is 0 Å². The van der Waals surface area contributed by atoms with E-state index in [-0.39, 0.29) is 25.5 Å². The number of urea groups is 1. The molecule has 5 amide bonds. The summed E-state index contributed by atoms with van der Waals surface area (Å²) >= 11 is 0. The van der Waals surface area contributed by atoms with Gasteiger partial charge in [-0.15, -0.1) is 0 Å². The Morgan fingerprint density at radius 1 is 1.24 bits per heavy atom. The summed E-state index contributed by atoms with van der Waals surface area (Å²) in [5.41, 5.74) is 2.63. The zero-order chi connectivity index (χ0) is 18.7. The number of nitrogens with one attached hydrogen (secondary N) is 1. The second kappa shape index (κ2) is 7.33. The number of imide groups is 1. The maximum atomic E-state index is 12.2. The Labute approximate surface area is 146 Å². The van der Waals surface area contributed by atoms with Crippen LogP contribution in [0.2, 0.25) is 0 Å². The van der Waals surface area contributed by atoms with Gasteiger partial charge in [0.15, 0.2) is 0 Å². The number of benzene rings is 1. The molecule has 1 aliphatic heterocycles. The van der Waals surface area contributed by atoms with Crippen molar-refractivity contribution in [3.05, 3.63) is 29.3 Å². The van der Waals surface area contributed by atoms with Gasteiger partial charge in [-0.25, -0.2) is 4.79 Å². The number of carbonyl (C=O) groups excluding carboxylic acids is 4. The molecule has 1 aliphatic rings. The molecule has 0 saturated carbocycles. The first-order valence-corrected chi connectivity index (χ1v) is 7.85. The highest BCUT2D eigenvalue weighted by atomic mass is 16.2. The monoisotopic (exact) mass is 346 g/mol. The SMILES string of the molecule is Cc1ccc(C)c(NC(=O)CN(C)C(=O)CN2C(=O)CN(C)C2=O)c1. The Bertz CT molecular complexity index is 731. The van der Waals surface area contributed by atoms with E-state index in [9.17, 15) is 19.2 Å². The molecule has 1 heterocycles. The van der Waals surface area contributed by atoms with Crippen molar-refractivity contribution in [2.75, 3.05) is 39.0 Å². The molecule has 1 aromatic carbocycles. The fourth-order valence-corrected chi connectivity index (χ4v) is 2.44. The number of nitrogens with zero attached hydrogens (tertiary/aromatic N) is 3. The number of amides is 5. The van der Waals surface area contributed by atoms with Crippen LogP contribution in [0.5, 0.6) is 0 Å². The fraction of sp³-hybridized carbons (Fsp3) is 0.412. The third-order valence-electron chi connectivity index (χ3n) is 4.00. The minimum Gasteiger partial charge on any atom is -0.335 e. The summed E-state index contributed by atoms with van der Waals surface area (Å²) in [6.07, 6.45) is 0. The number of carbonyl (C=O) groups is 4. The van der Waals surface area contributed by atoms with E-state index < -0.39 is 17.8 Å². The van der Waals surface area contributed by atoms with Gasteiger partial charge in [0.1, 0.15) is 13.1 Å². The maximum Gasteiger partial charge on any atom is 0.327 e. The molecule has 134 valence electrons. The Balaban J connectivity index is 1.92. The molecule has 0 atom stereocenters. The summed E-state index contributed by atoms with van der Waals surface area (Å²) in [5.74, 6) is -1.25. The van der Waals surface area contributed by atoms with Crippen molar-refractivity contribution in [2.24, 2.45) is 0 Å². The van der Waals surface area contributed by atoms with Gasteiger partial charge in [0, 0.05) is 19.8 Å². The summed E-state index contributed by atoms with van der Waals surface area (Å²) in [4.78, 5) is 51.1. The summed E-state index contributed by atoms with van der Waals surface area (Å²) in [7, 11) is 2.95. The first kappa shape index (κ1) is 18.4. The van der Waals surface area contributed by atoms with Crippen molar-refractivity contribution in [2.45, 2.75) is 13.8 Å². The minimum atomic E-state index is -0.508. The van der Waals surface area contributed by atoms with E-state index in [2.05, 4.69) is 5.32 Å². The number of anilines is 1. The summed E-state index contributed by atoms with van der Waals surface area (Å²) in [5, 5.41) is 2.77. The molecule has 25 heavy (non-hydrogen) atoms. The van der Waals surface area contributed by atoms with E-state index >= 15 is 0 Å². The van der Waals surface area contributed by atoms with Crippen LogP contribution in [0, 0.1) is 13.8 Å². The van der Waals surface area contributed by atoms with E-state index in [0.717, 1.165) is 16.0 Å². The van der Waals surface area contributed by atoms with Gasteiger partial charge in [0.25, 0.3) is 5.91 Å². The van der Waals surface area contributed by atoms with Gasteiger partial charge < -0.3 is 15.1 Å². The molecule has 8 nitrogen and oxygen atoms in total. The van der Waals surface area contributed by atoms with Crippen molar-refractivity contribution in [1.29, 1.82) is 0 Å². The third kappa shape index (κ3) is 4.34. The Morgan fingerprint density at radius 3 is 2.52 bits per heavy atom. The molecule has 8 heteroatoms. The van der Waals surface area contributed by atoms with Crippen molar-refractivity contribution in [3.63, 3.8) is 0 Å². The Hall–Kier alpha value is -2.90. The molecule has 0 bridgehead atoms. The summed E-state index contributed by atoms with van der Waals surface area (Å²) in [6, 6.07) is 5.20. The lowest BCUT2D eigenvalue weighted by atomic mass is 10.1. The molecule has 1 saturated heterocycles. The number of aryl methyl sites for hydroxylation is 2. The highest BCUT2D eigenvalue weighted by Gasteiger charge is 2.35. The van der Waals surface area contributed by atoms with Crippen LogP contribution in [0.4, 0.5) is 10.5 Å². The molecule has 1 aromatic rings. The third-order valence-corrected chi connectivity index (χ3v) is 4.00. The van der Waals surface area contributed by atoms with Crippen LogP contribution in [0.15, 0.2) is 18.2 Å². The lowest BCUT2D eigenvalue weighted by Crippen LogP contribution is -2.44. The molecule has 0 spiro atoms. The van der Waals surface area contributed by atoms with Crippen molar-refractivity contribution >= 4 is 29.4 Å². The van der Waals surface area contributed by atoms with Crippen molar-refractivity contribution < 1.29 is 19.2 Å². The average Bonchev–Trinajstić information content (AvgIpc) is 2.77. The second-order valence-corrected chi connectivity index (χ2v) is 6.23. The average molecular weight is 346 g/mol. The summed E-state index contributed by atoms with van der Waals surface area (Å²) in [6.45, 7) is 3.23. The molecule has 1 fully saturated rings.